The highest BCUT2D eigenvalue weighted by Gasteiger charge is 2.14. The highest BCUT2D eigenvalue weighted by Crippen LogP contribution is 2.25. The Kier molecular flexibility index (Phi) is 10.9. The summed E-state index contributed by atoms with van der Waals surface area (Å²) in [4.78, 5) is 21.0. The Morgan fingerprint density at radius 1 is 1.04 bits per heavy atom. The van der Waals surface area contributed by atoms with E-state index in [4.69, 9.17) is 24.1 Å². The summed E-state index contributed by atoms with van der Waals surface area (Å²) >= 11 is 0. The number of ether oxygens (including phenoxy) is 5. The van der Waals surface area contributed by atoms with Gasteiger partial charge in [0.15, 0.2) is 0 Å². The van der Waals surface area contributed by atoms with Gasteiger partial charge in [-0.3, -0.25) is 10.1 Å². The molecule has 0 saturated heterocycles. The van der Waals surface area contributed by atoms with Gasteiger partial charge in [0.05, 0.1) is 51.2 Å². The summed E-state index contributed by atoms with van der Waals surface area (Å²) in [5.74, 6) is 0.0520. The van der Waals surface area contributed by atoms with E-state index in [2.05, 4.69) is 4.74 Å². The van der Waals surface area contributed by atoms with Gasteiger partial charge in [0.1, 0.15) is 5.75 Å². The lowest BCUT2D eigenvalue weighted by molar-refractivity contribution is -0.384. The maximum absolute atomic E-state index is 10.8. The molecule has 0 aliphatic heterocycles. The number of carbonyl (C=O) groups is 1. The highest BCUT2D eigenvalue weighted by molar-refractivity contribution is 5.62. The zero-order chi connectivity index (χ0) is 19.2. The summed E-state index contributed by atoms with van der Waals surface area (Å²) < 4.78 is 25.4. The second kappa shape index (κ2) is 13.0. The third kappa shape index (κ3) is 9.28. The van der Waals surface area contributed by atoms with Crippen LogP contribution in [0.5, 0.6) is 5.75 Å². The summed E-state index contributed by atoms with van der Waals surface area (Å²) in [5.41, 5.74) is 0.239. The molecule has 0 aliphatic rings. The van der Waals surface area contributed by atoms with Gasteiger partial charge in [-0.05, 0) is 12.5 Å². The lowest BCUT2D eigenvalue weighted by Gasteiger charge is -2.09. The minimum Gasteiger partial charge on any atom is -0.449 e. The second-order valence-electron chi connectivity index (χ2n) is 5.00. The number of methoxy groups -OCH3 is 1. The molecule has 0 amide bonds. The van der Waals surface area contributed by atoms with Gasteiger partial charge in [-0.25, -0.2) is 4.79 Å². The number of nitro groups is 1. The molecule has 1 aromatic carbocycles. The molecular formula is C16H23NO9. The van der Waals surface area contributed by atoms with Crippen molar-refractivity contribution in [2.75, 3.05) is 53.4 Å². The van der Waals surface area contributed by atoms with Crippen LogP contribution in [0.4, 0.5) is 10.5 Å². The SMILES string of the molecule is COCCOCCOCCOCCc1cc([N+](=O)[O-])ccc1OC(=O)O. The Labute approximate surface area is 150 Å². The average Bonchev–Trinajstić information content (AvgIpc) is 2.60. The normalized spacial score (nSPS) is 10.7. The first-order chi connectivity index (χ1) is 12.5. The molecule has 1 N–H and O–H groups in total. The van der Waals surface area contributed by atoms with E-state index in [9.17, 15) is 14.9 Å². The Morgan fingerprint density at radius 3 is 2.15 bits per heavy atom. The van der Waals surface area contributed by atoms with Crippen LogP contribution in [-0.2, 0) is 25.4 Å². The fourth-order valence-electron chi connectivity index (χ4n) is 1.93. The first-order valence-corrected chi connectivity index (χ1v) is 7.95. The van der Waals surface area contributed by atoms with Crippen molar-refractivity contribution in [2.24, 2.45) is 0 Å². The van der Waals surface area contributed by atoms with E-state index in [1.54, 1.807) is 7.11 Å². The number of non-ortho nitro benzene ring substituents is 1. The van der Waals surface area contributed by atoms with Crippen LogP contribution in [0.25, 0.3) is 0 Å². The smallest absolute Gasteiger partial charge is 0.449 e. The fourth-order valence-corrected chi connectivity index (χ4v) is 1.93. The summed E-state index contributed by atoms with van der Waals surface area (Å²) in [7, 11) is 1.60. The van der Waals surface area contributed by atoms with E-state index in [1.165, 1.54) is 18.2 Å². The van der Waals surface area contributed by atoms with E-state index >= 15 is 0 Å². The Hall–Kier alpha value is -2.27. The van der Waals surface area contributed by atoms with Crippen LogP contribution in [0.3, 0.4) is 0 Å². The van der Waals surface area contributed by atoms with Crippen molar-refractivity contribution in [1.29, 1.82) is 0 Å². The molecule has 26 heavy (non-hydrogen) atoms. The zero-order valence-corrected chi connectivity index (χ0v) is 14.5. The van der Waals surface area contributed by atoms with Crippen molar-refractivity contribution in [3.63, 3.8) is 0 Å². The van der Waals surface area contributed by atoms with Gasteiger partial charge >= 0.3 is 6.16 Å². The Morgan fingerprint density at radius 2 is 1.62 bits per heavy atom. The molecule has 0 unspecified atom stereocenters. The van der Waals surface area contributed by atoms with E-state index in [-0.39, 0.29) is 24.5 Å². The van der Waals surface area contributed by atoms with Crippen LogP contribution >= 0.6 is 0 Å². The van der Waals surface area contributed by atoms with Crippen molar-refractivity contribution in [3.05, 3.63) is 33.9 Å². The van der Waals surface area contributed by atoms with Crippen LogP contribution in [-0.4, -0.2) is 69.5 Å². The van der Waals surface area contributed by atoms with Gasteiger partial charge in [0, 0.05) is 24.8 Å². The molecule has 0 spiro atoms. The molecule has 1 aromatic rings. The Balaban J connectivity index is 2.27. The molecule has 0 bridgehead atoms. The number of hydrogen-bond donors (Lipinski definition) is 1. The van der Waals surface area contributed by atoms with Gasteiger partial charge in [0.2, 0.25) is 0 Å². The summed E-state index contributed by atoms with van der Waals surface area (Å²) in [5, 5.41) is 19.5. The number of benzene rings is 1. The predicted molar refractivity (Wildman–Crippen MR) is 89.8 cm³/mol. The molecule has 0 radical (unpaired) electrons. The maximum atomic E-state index is 10.8. The minimum absolute atomic E-state index is 0.0520. The monoisotopic (exact) mass is 373 g/mol. The fraction of sp³-hybridized carbons (Fsp3) is 0.562. The molecule has 0 saturated carbocycles. The molecular weight excluding hydrogens is 350 g/mol. The van der Waals surface area contributed by atoms with Gasteiger partial charge in [-0.2, -0.15) is 0 Å². The Bertz CT molecular complexity index is 565. The van der Waals surface area contributed by atoms with Crippen LogP contribution in [0, 0.1) is 10.1 Å². The number of nitro benzene ring substituents is 1. The van der Waals surface area contributed by atoms with Crippen molar-refractivity contribution < 1.29 is 38.5 Å². The van der Waals surface area contributed by atoms with Crippen molar-refractivity contribution in [2.45, 2.75) is 6.42 Å². The van der Waals surface area contributed by atoms with Gasteiger partial charge in [-0.15, -0.1) is 0 Å². The third-order valence-corrected chi connectivity index (χ3v) is 3.14. The van der Waals surface area contributed by atoms with Gasteiger partial charge < -0.3 is 28.8 Å². The molecule has 10 nitrogen and oxygen atoms in total. The van der Waals surface area contributed by atoms with Crippen LogP contribution in [0.15, 0.2) is 18.2 Å². The number of rotatable bonds is 14. The number of hydrogen-bond acceptors (Lipinski definition) is 8. The molecule has 146 valence electrons. The zero-order valence-electron chi connectivity index (χ0n) is 14.5. The summed E-state index contributed by atoms with van der Waals surface area (Å²) in [6.07, 6.45) is -1.22. The summed E-state index contributed by atoms with van der Waals surface area (Å²) in [6, 6.07) is 3.72. The largest absolute Gasteiger partial charge is 0.511 e. The molecule has 0 aromatic heterocycles. The molecule has 0 aliphatic carbocycles. The first kappa shape index (κ1) is 21.8. The lowest BCUT2D eigenvalue weighted by atomic mass is 10.1. The van der Waals surface area contributed by atoms with Gasteiger partial charge in [-0.1, -0.05) is 0 Å². The van der Waals surface area contributed by atoms with Crippen molar-refractivity contribution >= 4 is 11.8 Å². The van der Waals surface area contributed by atoms with E-state index in [1.807, 2.05) is 0 Å². The van der Waals surface area contributed by atoms with E-state index < -0.39 is 11.1 Å². The number of carboxylic acid groups (broad SMARTS) is 1. The minimum atomic E-state index is -1.48. The molecule has 0 fully saturated rings. The topological polar surface area (TPSA) is 127 Å². The van der Waals surface area contributed by atoms with Crippen LogP contribution in [0.1, 0.15) is 5.56 Å². The first-order valence-electron chi connectivity index (χ1n) is 7.95. The van der Waals surface area contributed by atoms with Crippen molar-refractivity contribution in [3.8, 4) is 5.75 Å². The standard InChI is InChI=1S/C16H23NO9/c1-22-6-7-24-10-11-25-9-8-23-5-4-13-12-14(17(20)21)2-3-15(13)26-16(18)19/h2-3,12H,4-11H2,1H3,(H,18,19). The number of nitrogens with zero attached hydrogens (tertiary/aromatic N) is 1. The lowest BCUT2D eigenvalue weighted by Crippen LogP contribution is -2.12. The highest BCUT2D eigenvalue weighted by atomic mass is 16.7. The van der Waals surface area contributed by atoms with E-state index in [0.717, 1.165) is 0 Å². The molecule has 0 atom stereocenters. The molecule has 10 heteroatoms. The maximum Gasteiger partial charge on any atom is 0.511 e. The quantitative estimate of drug-likeness (QED) is 0.171. The summed E-state index contributed by atoms with van der Waals surface area (Å²) in [6.45, 7) is 2.91. The molecule has 0 heterocycles. The van der Waals surface area contributed by atoms with E-state index in [0.29, 0.717) is 45.2 Å². The molecule has 1 rings (SSSR count). The average molecular weight is 373 g/mol. The third-order valence-electron chi connectivity index (χ3n) is 3.14. The van der Waals surface area contributed by atoms with Crippen LogP contribution < -0.4 is 4.74 Å². The second-order valence-corrected chi connectivity index (χ2v) is 5.00. The van der Waals surface area contributed by atoms with Crippen molar-refractivity contribution in [1.82, 2.24) is 0 Å². The van der Waals surface area contributed by atoms with Crippen LogP contribution in [0.2, 0.25) is 0 Å². The predicted octanol–water partition coefficient (Wildman–Crippen LogP) is 1.89. The van der Waals surface area contributed by atoms with Gasteiger partial charge in [0.25, 0.3) is 5.69 Å².